The van der Waals surface area contributed by atoms with Crippen LogP contribution in [0.2, 0.25) is 0 Å². The van der Waals surface area contributed by atoms with Crippen LogP contribution in [0.3, 0.4) is 0 Å². The van der Waals surface area contributed by atoms with Crippen molar-refractivity contribution in [3.8, 4) is 5.75 Å². The molecule has 3 aromatic rings. The van der Waals surface area contributed by atoms with Crippen molar-refractivity contribution in [2.75, 3.05) is 26.2 Å². The molecule has 0 aliphatic carbocycles. The molecule has 0 atom stereocenters. The van der Waals surface area contributed by atoms with Crippen LogP contribution in [0, 0.1) is 5.92 Å². The molecule has 1 fully saturated rings. The maximum atomic E-state index is 12.6. The van der Waals surface area contributed by atoms with Crippen molar-refractivity contribution in [3.05, 3.63) is 60.0 Å². The number of hydrogen-bond acceptors (Lipinski definition) is 5. The summed E-state index contributed by atoms with van der Waals surface area (Å²) in [6.07, 6.45) is 1.06. The van der Waals surface area contributed by atoms with Crippen molar-refractivity contribution in [1.29, 1.82) is 0 Å². The molecule has 0 radical (unpaired) electrons. The minimum atomic E-state index is -3.44. The van der Waals surface area contributed by atoms with Gasteiger partial charge in [0.25, 0.3) is 10.0 Å². The van der Waals surface area contributed by atoms with E-state index in [4.69, 9.17) is 4.74 Å². The number of nitrogens with zero attached hydrogens (tertiary/aromatic N) is 1. The van der Waals surface area contributed by atoms with E-state index in [1.54, 1.807) is 17.5 Å². The second-order valence-corrected chi connectivity index (χ2v) is 10.3. The van der Waals surface area contributed by atoms with Gasteiger partial charge in [0.15, 0.2) is 0 Å². The molecule has 1 amide bonds. The fourth-order valence-electron chi connectivity index (χ4n) is 3.70. The molecule has 1 aromatic heterocycles. The fraction of sp³-hybridized carbons (Fsp3) is 0.318. The van der Waals surface area contributed by atoms with Gasteiger partial charge in [0.1, 0.15) is 16.6 Å². The number of nitrogens with one attached hydrogen (secondary N) is 1. The average molecular weight is 445 g/mol. The maximum absolute atomic E-state index is 12.6. The lowest BCUT2D eigenvalue weighted by Crippen LogP contribution is -2.43. The normalized spacial score (nSPS) is 15.9. The number of thiophene rings is 1. The van der Waals surface area contributed by atoms with Crippen LogP contribution in [-0.4, -0.2) is 44.9 Å². The third kappa shape index (κ3) is 4.50. The Hall–Kier alpha value is -2.42. The van der Waals surface area contributed by atoms with Crippen LogP contribution in [0.25, 0.3) is 10.8 Å². The lowest BCUT2D eigenvalue weighted by Gasteiger charge is -2.30. The molecule has 2 aromatic carbocycles. The summed E-state index contributed by atoms with van der Waals surface area (Å²) in [4.78, 5) is 12.5. The number of amides is 1. The highest BCUT2D eigenvalue weighted by Gasteiger charge is 2.32. The van der Waals surface area contributed by atoms with Crippen molar-refractivity contribution in [2.45, 2.75) is 17.1 Å². The molecule has 1 saturated heterocycles. The van der Waals surface area contributed by atoms with Crippen LogP contribution in [0.15, 0.2) is 64.2 Å². The number of fused-ring (bicyclic) bond motifs is 1. The van der Waals surface area contributed by atoms with Gasteiger partial charge in [0.05, 0.1) is 6.54 Å². The van der Waals surface area contributed by atoms with Gasteiger partial charge in [-0.25, -0.2) is 8.42 Å². The van der Waals surface area contributed by atoms with Gasteiger partial charge in [-0.2, -0.15) is 4.31 Å². The number of sulfonamides is 1. The zero-order valence-corrected chi connectivity index (χ0v) is 18.1. The van der Waals surface area contributed by atoms with Gasteiger partial charge < -0.3 is 10.1 Å². The van der Waals surface area contributed by atoms with Crippen LogP contribution in [0.5, 0.6) is 5.75 Å². The molecule has 4 rings (SSSR count). The summed E-state index contributed by atoms with van der Waals surface area (Å²) in [5, 5.41) is 6.84. The zero-order chi connectivity index (χ0) is 21.0. The largest absolute Gasteiger partial charge is 0.491 e. The lowest BCUT2D eigenvalue weighted by molar-refractivity contribution is -0.126. The number of benzene rings is 2. The van der Waals surface area contributed by atoms with Crippen molar-refractivity contribution < 1.29 is 17.9 Å². The minimum absolute atomic E-state index is 0.0373. The molecule has 6 nitrogen and oxygen atoms in total. The highest BCUT2D eigenvalue weighted by Crippen LogP contribution is 2.27. The standard InChI is InChI=1S/C22H24N2O4S2/c25-22(18-10-13-24(14-11-18)30(26,27)21-9-4-16-29-21)23-12-15-28-20-8-3-6-17-5-1-2-7-19(17)20/h1-9,16,18H,10-15H2,(H,23,25). The van der Waals surface area contributed by atoms with E-state index in [1.807, 2.05) is 42.5 Å². The summed E-state index contributed by atoms with van der Waals surface area (Å²) in [6.45, 7) is 1.52. The first-order valence-corrected chi connectivity index (χ1v) is 12.3. The number of ether oxygens (including phenoxy) is 1. The SMILES string of the molecule is O=C(NCCOc1cccc2ccccc12)C1CCN(S(=O)(=O)c2cccs2)CC1. The topological polar surface area (TPSA) is 75.7 Å². The Bertz CT molecular complexity index is 1100. The van der Waals surface area contributed by atoms with Crippen molar-refractivity contribution in [1.82, 2.24) is 9.62 Å². The van der Waals surface area contributed by atoms with Crippen molar-refractivity contribution in [2.24, 2.45) is 5.92 Å². The molecule has 158 valence electrons. The van der Waals surface area contributed by atoms with E-state index in [0.717, 1.165) is 16.5 Å². The molecular formula is C22H24N2O4S2. The zero-order valence-electron chi connectivity index (χ0n) is 16.5. The Morgan fingerprint density at radius 3 is 2.60 bits per heavy atom. The average Bonchev–Trinajstić information content (AvgIpc) is 3.33. The molecule has 8 heteroatoms. The van der Waals surface area contributed by atoms with Gasteiger partial charge in [0, 0.05) is 24.4 Å². The second kappa shape index (κ2) is 9.16. The highest BCUT2D eigenvalue weighted by molar-refractivity contribution is 7.91. The first-order valence-electron chi connectivity index (χ1n) is 9.97. The first kappa shape index (κ1) is 20.8. The molecule has 30 heavy (non-hydrogen) atoms. The van der Waals surface area contributed by atoms with Gasteiger partial charge in [-0.1, -0.05) is 42.5 Å². The van der Waals surface area contributed by atoms with Gasteiger partial charge >= 0.3 is 0 Å². The lowest BCUT2D eigenvalue weighted by atomic mass is 9.97. The van der Waals surface area contributed by atoms with E-state index in [1.165, 1.54) is 15.6 Å². The summed E-state index contributed by atoms with van der Waals surface area (Å²) >= 11 is 1.22. The monoisotopic (exact) mass is 444 g/mol. The molecule has 2 heterocycles. The van der Waals surface area contributed by atoms with E-state index >= 15 is 0 Å². The van der Waals surface area contributed by atoms with Crippen LogP contribution < -0.4 is 10.1 Å². The summed E-state index contributed by atoms with van der Waals surface area (Å²) in [7, 11) is -3.44. The number of carbonyl (C=O) groups is 1. The Labute approximate surface area is 180 Å². The molecule has 0 bridgehead atoms. The second-order valence-electron chi connectivity index (χ2n) is 7.23. The predicted octanol–water partition coefficient (Wildman–Crippen LogP) is 3.50. The summed E-state index contributed by atoms with van der Waals surface area (Å²) in [6, 6.07) is 17.3. The molecule has 0 spiro atoms. The van der Waals surface area contributed by atoms with Crippen molar-refractivity contribution >= 4 is 38.0 Å². The third-order valence-corrected chi connectivity index (χ3v) is 8.59. The first-order chi connectivity index (χ1) is 14.6. The highest BCUT2D eigenvalue weighted by atomic mass is 32.2. The number of hydrogen-bond donors (Lipinski definition) is 1. The predicted molar refractivity (Wildman–Crippen MR) is 118 cm³/mol. The van der Waals surface area contributed by atoms with Gasteiger partial charge in [-0.15, -0.1) is 11.3 Å². The Kier molecular flexibility index (Phi) is 6.36. The molecule has 0 unspecified atom stereocenters. The van der Waals surface area contributed by atoms with E-state index in [0.29, 0.717) is 43.3 Å². The fourth-order valence-corrected chi connectivity index (χ4v) is 6.31. The quantitative estimate of drug-likeness (QED) is 0.566. The van der Waals surface area contributed by atoms with Gasteiger partial charge in [0.2, 0.25) is 5.91 Å². The van der Waals surface area contributed by atoms with Crippen LogP contribution in [0.4, 0.5) is 0 Å². The third-order valence-electron chi connectivity index (χ3n) is 5.32. The number of piperidine rings is 1. The van der Waals surface area contributed by atoms with Crippen LogP contribution in [0.1, 0.15) is 12.8 Å². The number of rotatable bonds is 7. The van der Waals surface area contributed by atoms with E-state index < -0.39 is 10.0 Å². The minimum Gasteiger partial charge on any atom is -0.491 e. The van der Waals surface area contributed by atoms with E-state index in [-0.39, 0.29) is 11.8 Å². The number of carbonyl (C=O) groups excluding carboxylic acids is 1. The van der Waals surface area contributed by atoms with Crippen LogP contribution >= 0.6 is 11.3 Å². The summed E-state index contributed by atoms with van der Waals surface area (Å²) in [5.41, 5.74) is 0. The Balaban J connectivity index is 1.24. The van der Waals surface area contributed by atoms with Crippen LogP contribution in [-0.2, 0) is 14.8 Å². The molecule has 1 N–H and O–H groups in total. The van der Waals surface area contributed by atoms with Crippen molar-refractivity contribution in [3.63, 3.8) is 0 Å². The summed E-state index contributed by atoms with van der Waals surface area (Å²) < 4.78 is 32.9. The maximum Gasteiger partial charge on any atom is 0.252 e. The molecule has 0 saturated carbocycles. The van der Waals surface area contributed by atoms with E-state index in [9.17, 15) is 13.2 Å². The van der Waals surface area contributed by atoms with Gasteiger partial charge in [-0.3, -0.25) is 4.79 Å². The summed E-state index contributed by atoms with van der Waals surface area (Å²) in [5.74, 6) is 0.594. The smallest absolute Gasteiger partial charge is 0.252 e. The Morgan fingerprint density at radius 2 is 1.83 bits per heavy atom. The Morgan fingerprint density at radius 1 is 1.07 bits per heavy atom. The molecule has 1 aliphatic rings. The van der Waals surface area contributed by atoms with E-state index in [2.05, 4.69) is 5.32 Å². The molecular weight excluding hydrogens is 420 g/mol. The molecule has 1 aliphatic heterocycles. The van der Waals surface area contributed by atoms with Gasteiger partial charge in [-0.05, 0) is 35.7 Å².